The Morgan fingerprint density at radius 2 is 2.18 bits per heavy atom. The number of benzene rings is 1. The molecule has 2 rings (SSSR count). The summed E-state index contributed by atoms with van der Waals surface area (Å²) in [6, 6.07) is 4.61. The maximum atomic E-state index is 13.5. The topological polar surface area (TPSA) is 40.7 Å². The summed E-state index contributed by atoms with van der Waals surface area (Å²) in [4.78, 5) is 0. The van der Waals surface area contributed by atoms with E-state index in [0.29, 0.717) is 17.3 Å². The molecule has 0 atom stereocenters. The van der Waals surface area contributed by atoms with Gasteiger partial charge in [0, 0.05) is 17.8 Å². The summed E-state index contributed by atoms with van der Waals surface area (Å²) >= 11 is 5.92. The van der Waals surface area contributed by atoms with Crippen LogP contribution in [-0.2, 0) is 6.54 Å². The number of para-hydroxylation sites is 1. The van der Waals surface area contributed by atoms with E-state index in [1.165, 1.54) is 6.07 Å². The van der Waals surface area contributed by atoms with Crippen LogP contribution in [0.2, 0.25) is 5.02 Å². The largest absolute Gasteiger partial charge is 0.377 e. The van der Waals surface area contributed by atoms with Crippen LogP contribution < -0.4 is 5.32 Å². The number of nitrogens with zero attached hydrogens (tertiary/aromatic N) is 1. The molecule has 0 spiro atoms. The Hall–Kier alpha value is -1.55. The Morgan fingerprint density at radius 3 is 2.76 bits per heavy atom. The van der Waals surface area contributed by atoms with Gasteiger partial charge < -0.3 is 5.32 Å². The molecule has 17 heavy (non-hydrogen) atoms. The SMILES string of the molecule is Cc1n[nH]c(C)c1CNc1c(F)cccc1Cl. The smallest absolute Gasteiger partial charge is 0.147 e. The molecule has 0 fully saturated rings. The normalized spacial score (nSPS) is 10.6. The quantitative estimate of drug-likeness (QED) is 0.880. The van der Waals surface area contributed by atoms with E-state index in [9.17, 15) is 4.39 Å². The van der Waals surface area contributed by atoms with Gasteiger partial charge in [-0.2, -0.15) is 5.10 Å². The summed E-state index contributed by atoms with van der Waals surface area (Å²) in [5.74, 6) is -0.351. The van der Waals surface area contributed by atoms with E-state index in [0.717, 1.165) is 17.0 Å². The highest BCUT2D eigenvalue weighted by molar-refractivity contribution is 6.33. The van der Waals surface area contributed by atoms with E-state index in [1.807, 2.05) is 13.8 Å². The number of H-pyrrole nitrogens is 1. The Labute approximate surface area is 104 Å². The van der Waals surface area contributed by atoms with E-state index in [4.69, 9.17) is 11.6 Å². The van der Waals surface area contributed by atoms with Crippen molar-refractivity contribution in [3.05, 3.63) is 46.0 Å². The van der Waals surface area contributed by atoms with Crippen LogP contribution in [0.1, 0.15) is 17.0 Å². The van der Waals surface area contributed by atoms with Crippen LogP contribution in [-0.4, -0.2) is 10.2 Å². The van der Waals surface area contributed by atoms with Gasteiger partial charge in [-0.25, -0.2) is 4.39 Å². The summed E-state index contributed by atoms with van der Waals surface area (Å²) in [6.45, 7) is 4.33. The third-order valence-corrected chi connectivity index (χ3v) is 3.00. The third-order valence-electron chi connectivity index (χ3n) is 2.69. The fourth-order valence-corrected chi connectivity index (χ4v) is 1.91. The van der Waals surface area contributed by atoms with Crippen molar-refractivity contribution in [2.75, 3.05) is 5.32 Å². The number of anilines is 1. The summed E-state index contributed by atoms with van der Waals surface area (Å²) < 4.78 is 13.5. The first-order chi connectivity index (χ1) is 8.09. The monoisotopic (exact) mass is 253 g/mol. The molecule has 0 amide bonds. The molecule has 0 aliphatic heterocycles. The number of hydrogen-bond acceptors (Lipinski definition) is 2. The van der Waals surface area contributed by atoms with Crippen LogP contribution in [0.3, 0.4) is 0 Å². The van der Waals surface area contributed by atoms with Gasteiger partial charge >= 0.3 is 0 Å². The maximum Gasteiger partial charge on any atom is 0.147 e. The van der Waals surface area contributed by atoms with E-state index in [2.05, 4.69) is 15.5 Å². The van der Waals surface area contributed by atoms with Crippen molar-refractivity contribution in [3.8, 4) is 0 Å². The highest BCUT2D eigenvalue weighted by atomic mass is 35.5. The molecule has 0 saturated heterocycles. The van der Waals surface area contributed by atoms with Gasteiger partial charge in [-0.1, -0.05) is 17.7 Å². The number of nitrogens with one attached hydrogen (secondary N) is 2. The van der Waals surface area contributed by atoms with Crippen molar-refractivity contribution in [2.24, 2.45) is 0 Å². The molecule has 0 bridgehead atoms. The Bertz CT molecular complexity index is 497. The zero-order chi connectivity index (χ0) is 12.4. The van der Waals surface area contributed by atoms with Gasteiger partial charge in [0.1, 0.15) is 5.82 Å². The second-order valence-electron chi connectivity index (χ2n) is 3.86. The van der Waals surface area contributed by atoms with Crippen LogP contribution in [0.15, 0.2) is 18.2 Å². The fraction of sp³-hybridized carbons (Fsp3) is 0.250. The molecule has 0 saturated carbocycles. The van der Waals surface area contributed by atoms with E-state index >= 15 is 0 Å². The highest BCUT2D eigenvalue weighted by Gasteiger charge is 2.09. The molecule has 3 nitrogen and oxygen atoms in total. The summed E-state index contributed by atoms with van der Waals surface area (Å²) in [5.41, 5.74) is 3.24. The molecular formula is C12H13ClFN3. The van der Waals surface area contributed by atoms with Crippen molar-refractivity contribution in [2.45, 2.75) is 20.4 Å². The molecule has 0 unspecified atom stereocenters. The van der Waals surface area contributed by atoms with E-state index in [-0.39, 0.29) is 5.82 Å². The van der Waals surface area contributed by atoms with E-state index < -0.39 is 0 Å². The van der Waals surface area contributed by atoms with Gasteiger partial charge in [0.2, 0.25) is 0 Å². The molecule has 1 heterocycles. The first-order valence-electron chi connectivity index (χ1n) is 5.28. The second kappa shape index (κ2) is 4.75. The predicted molar refractivity (Wildman–Crippen MR) is 66.8 cm³/mol. The molecule has 0 radical (unpaired) electrons. The van der Waals surface area contributed by atoms with Gasteiger partial charge in [-0.3, -0.25) is 5.10 Å². The zero-order valence-electron chi connectivity index (χ0n) is 9.64. The standard InChI is InChI=1S/C12H13ClFN3/c1-7-9(8(2)17-16-7)6-15-12-10(13)4-3-5-11(12)14/h3-5,15H,6H2,1-2H3,(H,16,17). The number of aromatic amines is 1. The number of aryl methyl sites for hydroxylation is 2. The number of hydrogen-bond donors (Lipinski definition) is 2. The predicted octanol–water partition coefficient (Wildman–Crippen LogP) is 3.43. The summed E-state index contributed by atoms with van der Waals surface area (Å²) in [6.07, 6.45) is 0. The molecule has 2 aromatic rings. The zero-order valence-corrected chi connectivity index (χ0v) is 10.4. The molecule has 90 valence electrons. The van der Waals surface area contributed by atoms with Gasteiger partial charge in [-0.15, -0.1) is 0 Å². The average Bonchev–Trinajstić information content (AvgIpc) is 2.59. The molecule has 2 N–H and O–H groups in total. The third kappa shape index (κ3) is 2.42. The van der Waals surface area contributed by atoms with Crippen LogP contribution in [0.5, 0.6) is 0 Å². The van der Waals surface area contributed by atoms with E-state index in [1.54, 1.807) is 12.1 Å². The van der Waals surface area contributed by atoms with Gasteiger partial charge in [-0.05, 0) is 26.0 Å². The molecule has 0 aliphatic carbocycles. The lowest BCUT2D eigenvalue weighted by Crippen LogP contribution is -2.03. The van der Waals surface area contributed by atoms with Crippen LogP contribution in [0.4, 0.5) is 10.1 Å². The lowest BCUT2D eigenvalue weighted by molar-refractivity contribution is 0.630. The summed E-state index contributed by atoms with van der Waals surface area (Å²) in [5, 5.41) is 10.3. The van der Waals surface area contributed by atoms with Crippen LogP contribution >= 0.6 is 11.6 Å². The van der Waals surface area contributed by atoms with Crippen molar-refractivity contribution < 1.29 is 4.39 Å². The lowest BCUT2D eigenvalue weighted by atomic mass is 10.2. The summed E-state index contributed by atoms with van der Waals surface area (Å²) in [7, 11) is 0. The Morgan fingerprint density at radius 1 is 1.41 bits per heavy atom. The fourth-order valence-electron chi connectivity index (χ4n) is 1.68. The maximum absolute atomic E-state index is 13.5. The first kappa shape index (κ1) is 11.9. The minimum atomic E-state index is -0.351. The Kier molecular flexibility index (Phi) is 3.33. The van der Waals surface area contributed by atoms with Crippen molar-refractivity contribution in [3.63, 3.8) is 0 Å². The van der Waals surface area contributed by atoms with Gasteiger partial charge in [0.15, 0.2) is 0 Å². The van der Waals surface area contributed by atoms with Gasteiger partial charge in [0.25, 0.3) is 0 Å². The minimum absolute atomic E-state index is 0.328. The van der Waals surface area contributed by atoms with Crippen LogP contribution in [0, 0.1) is 19.7 Å². The van der Waals surface area contributed by atoms with Crippen molar-refractivity contribution >= 4 is 17.3 Å². The lowest BCUT2D eigenvalue weighted by Gasteiger charge is -2.09. The molecule has 1 aromatic carbocycles. The highest BCUT2D eigenvalue weighted by Crippen LogP contribution is 2.25. The molecule has 1 aromatic heterocycles. The number of aromatic nitrogens is 2. The number of rotatable bonds is 3. The van der Waals surface area contributed by atoms with Crippen molar-refractivity contribution in [1.82, 2.24) is 10.2 Å². The van der Waals surface area contributed by atoms with Gasteiger partial charge in [0.05, 0.1) is 16.4 Å². The average molecular weight is 254 g/mol. The molecule has 5 heteroatoms. The molecule has 0 aliphatic rings. The van der Waals surface area contributed by atoms with Crippen molar-refractivity contribution in [1.29, 1.82) is 0 Å². The van der Waals surface area contributed by atoms with Crippen LogP contribution in [0.25, 0.3) is 0 Å². The minimum Gasteiger partial charge on any atom is -0.377 e. The second-order valence-corrected chi connectivity index (χ2v) is 4.27. The number of halogens is 2. The Balaban J connectivity index is 2.18. The first-order valence-corrected chi connectivity index (χ1v) is 5.65. The molecular weight excluding hydrogens is 241 g/mol.